The smallest absolute Gasteiger partial charge is 0.0361 e. The van der Waals surface area contributed by atoms with E-state index in [1.807, 2.05) is 11.8 Å². The van der Waals surface area contributed by atoms with Gasteiger partial charge in [-0.25, -0.2) is 0 Å². The van der Waals surface area contributed by atoms with Gasteiger partial charge in [-0.2, -0.15) is 24.4 Å². The van der Waals surface area contributed by atoms with Gasteiger partial charge in [0.25, 0.3) is 0 Å². The minimum Gasteiger partial charge on any atom is -0.168 e. The molecule has 0 amide bonds. The monoisotopic (exact) mass is 164 g/mol. The molecular formula is C7H16S2. The van der Waals surface area contributed by atoms with Crippen LogP contribution in [0.25, 0.3) is 0 Å². The number of thiol groups is 1. The second kappa shape index (κ2) is 8.70. The van der Waals surface area contributed by atoms with Gasteiger partial charge in [0.05, 0.1) is 0 Å². The van der Waals surface area contributed by atoms with Crippen LogP contribution >= 0.6 is 24.4 Å². The summed E-state index contributed by atoms with van der Waals surface area (Å²) in [5.74, 6) is 1.30. The third kappa shape index (κ3) is 8.70. The highest BCUT2D eigenvalue weighted by atomic mass is 32.2. The molecule has 0 aliphatic rings. The summed E-state index contributed by atoms with van der Waals surface area (Å²) in [6.45, 7) is 2.24. The lowest BCUT2D eigenvalue weighted by Crippen LogP contribution is -1.79. The van der Waals surface area contributed by atoms with Crippen LogP contribution in [-0.2, 0) is 0 Å². The summed E-state index contributed by atoms with van der Waals surface area (Å²) in [4.78, 5) is 0. The Hall–Kier alpha value is 0.700. The van der Waals surface area contributed by atoms with E-state index in [0.29, 0.717) is 0 Å². The second-order valence-electron chi connectivity index (χ2n) is 2.10. The molecule has 0 bridgehead atoms. The molecule has 0 atom stereocenters. The lowest BCUT2D eigenvalue weighted by Gasteiger charge is -1.95. The normalized spacial score (nSPS) is 10.0. The summed E-state index contributed by atoms with van der Waals surface area (Å²) >= 11 is 6.03. The van der Waals surface area contributed by atoms with Gasteiger partial charge in [-0.1, -0.05) is 26.2 Å². The minimum absolute atomic E-state index is 0.978. The maximum atomic E-state index is 4.11. The predicted octanol–water partition coefficient (Wildman–Crippen LogP) is 3.19. The van der Waals surface area contributed by atoms with Crippen molar-refractivity contribution in [1.82, 2.24) is 0 Å². The van der Waals surface area contributed by atoms with Crippen LogP contribution in [0, 0.1) is 0 Å². The highest BCUT2D eigenvalue weighted by Gasteiger charge is 1.86. The SMILES string of the molecule is CCCCCCSCS. The molecular weight excluding hydrogens is 148 g/mol. The molecule has 0 radical (unpaired) electrons. The molecule has 0 aliphatic carbocycles. The maximum Gasteiger partial charge on any atom is 0.0361 e. The van der Waals surface area contributed by atoms with Crippen molar-refractivity contribution in [3.05, 3.63) is 0 Å². The van der Waals surface area contributed by atoms with Crippen LogP contribution in [0.1, 0.15) is 32.6 Å². The van der Waals surface area contributed by atoms with Gasteiger partial charge in [-0.05, 0) is 12.2 Å². The van der Waals surface area contributed by atoms with Crippen LogP contribution in [0.5, 0.6) is 0 Å². The van der Waals surface area contributed by atoms with Gasteiger partial charge in [-0.15, -0.1) is 0 Å². The number of unbranched alkanes of at least 4 members (excludes halogenated alkanes) is 3. The Labute approximate surface area is 68.2 Å². The van der Waals surface area contributed by atoms with Crippen molar-refractivity contribution in [3.8, 4) is 0 Å². The molecule has 0 spiro atoms. The average molecular weight is 164 g/mol. The summed E-state index contributed by atoms with van der Waals surface area (Å²) in [5.41, 5.74) is 0. The quantitative estimate of drug-likeness (QED) is 0.357. The van der Waals surface area contributed by atoms with Gasteiger partial charge in [0.2, 0.25) is 0 Å². The minimum atomic E-state index is 0.978. The van der Waals surface area contributed by atoms with E-state index in [4.69, 9.17) is 0 Å². The van der Waals surface area contributed by atoms with E-state index in [0.717, 1.165) is 5.08 Å². The lowest BCUT2D eigenvalue weighted by atomic mass is 10.2. The first kappa shape index (κ1) is 9.70. The van der Waals surface area contributed by atoms with Crippen molar-refractivity contribution in [2.24, 2.45) is 0 Å². The summed E-state index contributed by atoms with van der Waals surface area (Å²) in [6, 6.07) is 0. The zero-order chi connectivity index (χ0) is 6.95. The van der Waals surface area contributed by atoms with Gasteiger partial charge in [0.1, 0.15) is 0 Å². The standard InChI is InChI=1S/C7H16S2/c1-2-3-4-5-6-9-7-8/h8H,2-7H2,1H3. The van der Waals surface area contributed by atoms with Gasteiger partial charge < -0.3 is 0 Å². The fourth-order valence-corrected chi connectivity index (χ4v) is 1.62. The Bertz CT molecular complexity index is 40.2. The van der Waals surface area contributed by atoms with E-state index in [-0.39, 0.29) is 0 Å². The van der Waals surface area contributed by atoms with Crippen molar-refractivity contribution >= 4 is 24.4 Å². The van der Waals surface area contributed by atoms with Crippen LogP contribution in [0.3, 0.4) is 0 Å². The number of hydrogen-bond acceptors (Lipinski definition) is 2. The average Bonchev–Trinajstić information content (AvgIpc) is 1.89. The third-order valence-corrected chi connectivity index (χ3v) is 2.54. The molecule has 0 aromatic heterocycles. The molecule has 0 aromatic carbocycles. The van der Waals surface area contributed by atoms with Crippen molar-refractivity contribution < 1.29 is 0 Å². The molecule has 0 unspecified atom stereocenters. The van der Waals surface area contributed by atoms with Crippen LogP contribution in [0.15, 0.2) is 0 Å². The zero-order valence-corrected chi connectivity index (χ0v) is 7.81. The Morgan fingerprint density at radius 3 is 2.56 bits per heavy atom. The Kier molecular flexibility index (Phi) is 9.38. The molecule has 0 aliphatic heterocycles. The Morgan fingerprint density at radius 1 is 1.22 bits per heavy atom. The van der Waals surface area contributed by atoms with E-state index < -0.39 is 0 Å². The molecule has 0 N–H and O–H groups in total. The molecule has 0 fully saturated rings. The van der Waals surface area contributed by atoms with Crippen molar-refractivity contribution in [2.45, 2.75) is 32.6 Å². The van der Waals surface area contributed by atoms with E-state index in [2.05, 4.69) is 19.6 Å². The van der Waals surface area contributed by atoms with Gasteiger partial charge in [-0.3, -0.25) is 0 Å². The molecule has 0 saturated carbocycles. The Morgan fingerprint density at radius 2 is 2.00 bits per heavy atom. The molecule has 0 saturated heterocycles. The van der Waals surface area contributed by atoms with Crippen molar-refractivity contribution in [3.63, 3.8) is 0 Å². The highest BCUT2D eigenvalue weighted by molar-refractivity contribution is 8.09. The molecule has 2 heteroatoms. The number of hydrogen-bond donors (Lipinski definition) is 1. The van der Waals surface area contributed by atoms with E-state index in [9.17, 15) is 0 Å². The third-order valence-electron chi connectivity index (χ3n) is 1.23. The molecule has 0 rings (SSSR count). The largest absolute Gasteiger partial charge is 0.168 e. The fraction of sp³-hybridized carbons (Fsp3) is 1.00. The van der Waals surface area contributed by atoms with Crippen molar-refractivity contribution in [1.29, 1.82) is 0 Å². The number of thioether (sulfide) groups is 1. The highest BCUT2D eigenvalue weighted by Crippen LogP contribution is 2.07. The van der Waals surface area contributed by atoms with Crippen LogP contribution in [0.4, 0.5) is 0 Å². The first-order valence-corrected chi connectivity index (χ1v) is 5.39. The summed E-state index contributed by atoms with van der Waals surface area (Å²) < 4.78 is 0. The Balaban J connectivity index is 2.60. The summed E-state index contributed by atoms with van der Waals surface area (Å²) in [6.07, 6.45) is 5.51. The van der Waals surface area contributed by atoms with Crippen molar-refractivity contribution in [2.75, 3.05) is 10.8 Å². The van der Waals surface area contributed by atoms with Crippen LogP contribution in [0.2, 0.25) is 0 Å². The topological polar surface area (TPSA) is 0 Å². The van der Waals surface area contributed by atoms with E-state index in [1.165, 1.54) is 31.4 Å². The summed E-state index contributed by atoms with van der Waals surface area (Å²) in [7, 11) is 0. The lowest BCUT2D eigenvalue weighted by molar-refractivity contribution is 0.707. The van der Waals surface area contributed by atoms with Gasteiger partial charge >= 0.3 is 0 Å². The van der Waals surface area contributed by atoms with Gasteiger partial charge in [0, 0.05) is 5.08 Å². The zero-order valence-electron chi connectivity index (χ0n) is 6.10. The molecule has 9 heavy (non-hydrogen) atoms. The molecule has 56 valence electrons. The first-order chi connectivity index (χ1) is 4.41. The second-order valence-corrected chi connectivity index (χ2v) is 3.95. The van der Waals surface area contributed by atoms with E-state index in [1.54, 1.807) is 0 Å². The molecule has 0 nitrogen and oxygen atoms in total. The molecule has 0 aromatic rings. The summed E-state index contributed by atoms with van der Waals surface area (Å²) in [5, 5.41) is 0.978. The maximum absolute atomic E-state index is 4.11. The molecule has 0 heterocycles. The van der Waals surface area contributed by atoms with E-state index >= 15 is 0 Å². The van der Waals surface area contributed by atoms with Gasteiger partial charge in [0.15, 0.2) is 0 Å². The van der Waals surface area contributed by atoms with Crippen LogP contribution < -0.4 is 0 Å². The van der Waals surface area contributed by atoms with Crippen LogP contribution in [-0.4, -0.2) is 10.8 Å². The fourth-order valence-electron chi connectivity index (χ4n) is 0.695. The number of rotatable bonds is 6. The predicted molar refractivity (Wildman–Crippen MR) is 50.5 cm³/mol. The first-order valence-electron chi connectivity index (χ1n) is 3.60.